The van der Waals surface area contributed by atoms with Crippen LogP contribution in [-0.2, 0) is 0 Å². The van der Waals surface area contributed by atoms with Gasteiger partial charge in [0.05, 0.1) is 16.7 Å². The van der Waals surface area contributed by atoms with Crippen molar-refractivity contribution in [2.45, 2.75) is 6.92 Å². The Bertz CT molecular complexity index is 780. The smallest absolute Gasteiger partial charge is 0.205 e. The van der Waals surface area contributed by atoms with Crippen molar-refractivity contribution in [2.24, 2.45) is 0 Å². The van der Waals surface area contributed by atoms with Gasteiger partial charge in [-0.1, -0.05) is 17.7 Å². The fourth-order valence-corrected chi connectivity index (χ4v) is 2.81. The van der Waals surface area contributed by atoms with Crippen molar-refractivity contribution in [3.05, 3.63) is 50.6 Å². The molecule has 3 nitrogen and oxygen atoms in total. The lowest BCUT2D eigenvalue weighted by Crippen LogP contribution is -2.02. The molecule has 0 radical (unpaired) electrons. The van der Waals surface area contributed by atoms with Gasteiger partial charge in [-0.25, -0.2) is 4.98 Å². The largest absolute Gasteiger partial charge is 0.369 e. The van der Waals surface area contributed by atoms with Gasteiger partial charge in [-0.15, -0.1) is 0 Å². The molecular formula is C14H11ClIN3. The number of fused-ring (bicyclic) bond motifs is 1. The second-order valence-corrected chi connectivity index (χ2v) is 5.98. The lowest BCUT2D eigenvalue weighted by Gasteiger charge is -2.11. The highest BCUT2D eigenvalue weighted by atomic mass is 127. The molecule has 0 saturated carbocycles. The monoisotopic (exact) mass is 383 g/mol. The van der Waals surface area contributed by atoms with E-state index in [1.54, 1.807) is 0 Å². The molecule has 0 unspecified atom stereocenters. The summed E-state index contributed by atoms with van der Waals surface area (Å²) in [5.74, 6) is 0.474. The van der Waals surface area contributed by atoms with Crippen molar-refractivity contribution < 1.29 is 0 Å². The Balaban J connectivity index is 2.36. The molecule has 0 aliphatic rings. The number of imidazole rings is 1. The fraction of sp³-hybridized carbons (Fsp3) is 0.0714. The number of hydrogen-bond donors (Lipinski definition) is 1. The van der Waals surface area contributed by atoms with E-state index in [2.05, 4.69) is 27.6 Å². The van der Waals surface area contributed by atoms with Crippen LogP contribution in [0.1, 0.15) is 5.56 Å². The van der Waals surface area contributed by atoms with E-state index in [0.29, 0.717) is 5.95 Å². The molecule has 3 aromatic rings. The molecule has 19 heavy (non-hydrogen) atoms. The Hall–Kier alpha value is -1.27. The number of aromatic nitrogens is 2. The summed E-state index contributed by atoms with van der Waals surface area (Å²) in [6.07, 6.45) is 0. The van der Waals surface area contributed by atoms with Crippen LogP contribution in [0, 0.1) is 10.5 Å². The molecule has 0 aliphatic carbocycles. The number of nitrogens with two attached hydrogens (primary N) is 1. The van der Waals surface area contributed by atoms with Gasteiger partial charge < -0.3 is 5.73 Å². The first-order valence-electron chi connectivity index (χ1n) is 5.77. The Kier molecular flexibility index (Phi) is 3.14. The first kappa shape index (κ1) is 12.7. The minimum absolute atomic E-state index is 0.474. The average Bonchev–Trinajstić information content (AvgIpc) is 2.68. The Morgan fingerprint density at radius 1 is 1.26 bits per heavy atom. The zero-order chi connectivity index (χ0) is 13.6. The molecule has 1 aromatic heterocycles. The summed E-state index contributed by atoms with van der Waals surface area (Å²) in [5, 5.41) is 0.726. The van der Waals surface area contributed by atoms with E-state index in [9.17, 15) is 0 Å². The zero-order valence-corrected chi connectivity index (χ0v) is 13.1. The summed E-state index contributed by atoms with van der Waals surface area (Å²) >= 11 is 8.45. The second kappa shape index (κ2) is 4.68. The third-order valence-electron chi connectivity index (χ3n) is 3.12. The van der Waals surface area contributed by atoms with Crippen LogP contribution in [0.25, 0.3) is 16.7 Å². The van der Waals surface area contributed by atoms with Crippen molar-refractivity contribution in [1.29, 1.82) is 0 Å². The highest BCUT2D eigenvalue weighted by Gasteiger charge is 2.13. The lowest BCUT2D eigenvalue weighted by molar-refractivity contribution is 1.09. The molecule has 1 heterocycles. The number of nitrogens with zero attached hydrogens (tertiary/aromatic N) is 2. The molecule has 0 saturated heterocycles. The molecule has 5 heteroatoms. The van der Waals surface area contributed by atoms with Crippen molar-refractivity contribution in [3.63, 3.8) is 0 Å². The van der Waals surface area contributed by atoms with Gasteiger partial charge in [-0.3, -0.25) is 4.57 Å². The predicted octanol–water partition coefficient (Wildman–Crippen LogP) is 4.17. The number of rotatable bonds is 1. The molecule has 0 amide bonds. The van der Waals surface area contributed by atoms with Gasteiger partial charge in [-0.05, 0) is 65.4 Å². The van der Waals surface area contributed by atoms with Crippen molar-refractivity contribution in [2.75, 3.05) is 5.73 Å². The maximum absolute atomic E-state index is 6.18. The summed E-state index contributed by atoms with van der Waals surface area (Å²) in [6.45, 7) is 1.98. The molecule has 0 fully saturated rings. The van der Waals surface area contributed by atoms with Crippen LogP contribution in [0.15, 0.2) is 36.4 Å². The van der Waals surface area contributed by atoms with Crippen LogP contribution in [0.4, 0.5) is 5.95 Å². The minimum Gasteiger partial charge on any atom is -0.369 e. The van der Waals surface area contributed by atoms with Crippen LogP contribution in [0.3, 0.4) is 0 Å². The number of hydrogen-bond acceptors (Lipinski definition) is 2. The SMILES string of the molecule is Cc1c(Cl)cccc1-n1c(N)nc2cc(I)ccc21. The van der Waals surface area contributed by atoms with Gasteiger partial charge in [0.2, 0.25) is 5.95 Å². The zero-order valence-electron chi connectivity index (χ0n) is 10.2. The minimum atomic E-state index is 0.474. The van der Waals surface area contributed by atoms with Crippen molar-refractivity contribution >= 4 is 51.2 Å². The summed E-state index contributed by atoms with van der Waals surface area (Å²) < 4.78 is 3.07. The van der Waals surface area contributed by atoms with E-state index in [-0.39, 0.29) is 0 Å². The van der Waals surface area contributed by atoms with Gasteiger partial charge in [0.1, 0.15) is 0 Å². The van der Waals surface area contributed by atoms with Gasteiger partial charge in [0, 0.05) is 8.59 Å². The van der Waals surface area contributed by atoms with Crippen LogP contribution in [-0.4, -0.2) is 9.55 Å². The molecule has 3 rings (SSSR count). The second-order valence-electron chi connectivity index (χ2n) is 4.32. The molecule has 0 bridgehead atoms. The molecule has 96 valence electrons. The van der Waals surface area contributed by atoms with E-state index in [1.165, 1.54) is 0 Å². The molecule has 0 spiro atoms. The van der Waals surface area contributed by atoms with Gasteiger partial charge in [0.25, 0.3) is 0 Å². The number of anilines is 1. The highest BCUT2D eigenvalue weighted by molar-refractivity contribution is 14.1. The third kappa shape index (κ3) is 2.08. The maximum Gasteiger partial charge on any atom is 0.205 e. The highest BCUT2D eigenvalue weighted by Crippen LogP contribution is 2.29. The van der Waals surface area contributed by atoms with Crippen molar-refractivity contribution in [1.82, 2.24) is 9.55 Å². The number of nitrogen functional groups attached to an aromatic ring is 1. The predicted molar refractivity (Wildman–Crippen MR) is 87.9 cm³/mol. The fourth-order valence-electron chi connectivity index (χ4n) is 2.16. The summed E-state index contributed by atoms with van der Waals surface area (Å²) in [7, 11) is 0. The van der Waals surface area contributed by atoms with Crippen LogP contribution < -0.4 is 5.73 Å². The van der Waals surface area contributed by atoms with E-state index < -0.39 is 0 Å². The van der Waals surface area contributed by atoms with Gasteiger partial charge in [-0.2, -0.15) is 0 Å². The Morgan fingerprint density at radius 3 is 2.84 bits per heavy atom. The standard InChI is InChI=1S/C14H11ClIN3/c1-8-10(15)3-2-4-12(8)19-13-6-5-9(16)7-11(13)18-14(19)17/h2-7H,1H3,(H2,17,18). The average molecular weight is 384 g/mol. The van der Waals surface area contributed by atoms with Crippen LogP contribution >= 0.6 is 34.2 Å². The Labute approximate surface area is 129 Å². The topological polar surface area (TPSA) is 43.8 Å². The Morgan fingerprint density at radius 2 is 2.05 bits per heavy atom. The normalized spacial score (nSPS) is 11.1. The quantitative estimate of drug-likeness (QED) is 0.641. The van der Waals surface area contributed by atoms with E-state index >= 15 is 0 Å². The van der Waals surface area contributed by atoms with Gasteiger partial charge >= 0.3 is 0 Å². The van der Waals surface area contributed by atoms with Crippen LogP contribution in [0.2, 0.25) is 5.02 Å². The van der Waals surface area contributed by atoms with Gasteiger partial charge in [0.15, 0.2) is 0 Å². The van der Waals surface area contributed by atoms with Crippen LogP contribution in [0.5, 0.6) is 0 Å². The molecule has 2 N–H and O–H groups in total. The summed E-state index contributed by atoms with van der Waals surface area (Å²) in [6, 6.07) is 11.9. The third-order valence-corrected chi connectivity index (χ3v) is 4.20. The van der Waals surface area contributed by atoms with Crippen molar-refractivity contribution in [3.8, 4) is 5.69 Å². The lowest BCUT2D eigenvalue weighted by atomic mass is 10.2. The first-order valence-corrected chi connectivity index (χ1v) is 7.22. The molecule has 0 atom stereocenters. The molecular weight excluding hydrogens is 373 g/mol. The first-order chi connectivity index (χ1) is 9.08. The number of benzene rings is 2. The van der Waals surface area contributed by atoms with E-state index in [1.807, 2.05) is 47.9 Å². The van der Waals surface area contributed by atoms with E-state index in [4.69, 9.17) is 17.3 Å². The summed E-state index contributed by atoms with van der Waals surface area (Å²) in [4.78, 5) is 4.41. The maximum atomic E-state index is 6.18. The summed E-state index contributed by atoms with van der Waals surface area (Å²) in [5.41, 5.74) is 9.90. The molecule has 2 aromatic carbocycles. The van der Waals surface area contributed by atoms with E-state index in [0.717, 1.165) is 30.9 Å². The molecule has 0 aliphatic heterocycles. The number of halogens is 2.